The summed E-state index contributed by atoms with van der Waals surface area (Å²) < 4.78 is 0. The Morgan fingerprint density at radius 1 is 1.16 bits per heavy atom. The maximum Gasteiger partial charge on any atom is 0.407 e. The molecule has 0 spiro atoms. The second-order valence-electron chi connectivity index (χ2n) is 6.36. The number of rotatable bonds is 7. The summed E-state index contributed by atoms with van der Waals surface area (Å²) in [6.07, 6.45) is 2.73. The van der Waals surface area contributed by atoms with Crippen LogP contribution in [0.15, 0.2) is 24.3 Å². The van der Waals surface area contributed by atoms with Crippen LogP contribution in [0.4, 0.5) is 4.79 Å². The van der Waals surface area contributed by atoms with Gasteiger partial charge in [0.25, 0.3) is 11.8 Å². The minimum atomic E-state index is -0.825. The lowest BCUT2D eigenvalue weighted by Crippen LogP contribution is -2.35. The standard InChI is InChI=1S/C18H22N2O4S/c21-16-14-7-1-2-8-15(14)17(22)20(16)9-3-4-11-25-12-13-6-5-10-19(13)18(23)24/h1-2,7-8,13H,3-6,9-12H2,(H,23,24). The molecule has 1 saturated heterocycles. The van der Waals surface area contributed by atoms with Crippen LogP contribution in [-0.4, -0.2) is 63.5 Å². The van der Waals surface area contributed by atoms with Gasteiger partial charge in [0.1, 0.15) is 0 Å². The molecule has 3 amide bonds. The van der Waals surface area contributed by atoms with Crippen molar-refractivity contribution in [2.24, 2.45) is 0 Å². The van der Waals surface area contributed by atoms with Crippen molar-refractivity contribution in [3.8, 4) is 0 Å². The number of hydrogen-bond acceptors (Lipinski definition) is 4. The molecule has 6 nitrogen and oxygen atoms in total. The Morgan fingerprint density at radius 2 is 1.84 bits per heavy atom. The molecule has 0 aliphatic carbocycles. The number of carboxylic acid groups (broad SMARTS) is 1. The monoisotopic (exact) mass is 362 g/mol. The number of amides is 3. The van der Waals surface area contributed by atoms with Gasteiger partial charge in [0, 0.05) is 24.9 Å². The number of carbonyl (C=O) groups is 3. The number of thioether (sulfide) groups is 1. The second kappa shape index (κ2) is 7.91. The van der Waals surface area contributed by atoms with E-state index in [1.54, 1.807) is 36.0 Å². The molecule has 3 rings (SSSR count). The fourth-order valence-electron chi connectivity index (χ4n) is 3.40. The first kappa shape index (κ1) is 17.8. The molecule has 134 valence electrons. The molecule has 7 heteroatoms. The third-order valence-electron chi connectivity index (χ3n) is 4.73. The number of nitrogens with zero attached hydrogens (tertiary/aromatic N) is 2. The van der Waals surface area contributed by atoms with Crippen LogP contribution in [0, 0.1) is 0 Å². The molecule has 0 bridgehead atoms. The Bertz CT molecular complexity index is 644. The summed E-state index contributed by atoms with van der Waals surface area (Å²) in [5, 5.41) is 9.12. The van der Waals surface area contributed by atoms with E-state index in [0.717, 1.165) is 37.2 Å². The molecule has 1 aromatic carbocycles. The van der Waals surface area contributed by atoms with E-state index in [1.165, 1.54) is 9.80 Å². The first-order valence-electron chi connectivity index (χ1n) is 8.62. The molecular formula is C18H22N2O4S. The summed E-state index contributed by atoms with van der Waals surface area (Å²) in [4.78, 5) is 38.4. The van der Waals surface area contributed by atoms with E-state index >= 15 is 0 Å². The van der Waals surface area contributed by atoms with E-state index in [1.807, 2.05) is 0 Å². The van der Waals surface area contributed by atoms with E-state index in [-0.39, 0.29) is 17.9 Å². The summed E-state index contributed by atoms with van der Waals surface area (Å²) in [7, 11) is 0. The molecule has 0 aromatic heterocycles. The summed E-state index contributed by atoms with van der Waals surface area (Å²) in [6, 6.07) is 7.06. The normalized spacial score (nSPS) is 19.6. The van der Waals surface area contributed by atoms with Crippen LogP contribution in [0.3, 0.4) is 0 Å². The van der Waals surface area contributed by atoms with Crippen LogP contribution >= 0.6 is 11.8 Å². The molecule has 1 aromatic rings. The van der Waals surface area contributed by atoms with Crippen LogP contribution in [0.1, 0.15) is 46.4 Å². The predicted molar refractivity (Wildman–Crippen MR) is 96.1 cm³/mol. The molecule has 2 aliphatic rings. The number of imide groups is 1. The maximum atomic E-state index is 12.2. The zero-order valence-electron chi connectivity index (χ0n) is 14.0. The highest BCUT2D eigenvalue weighted by molar-refractivity contribution is 7.99. The van der Waals surface area contributed by atoms with Gasteiger partial charge in [-0.3, -0.25) is 14.5 Å². The molecule has 2 heterocycles. The summed E-state index contributed by atoms with van der Waals surface area (Å²) >= 11 is 1.75. The number of benzene rings is 1. The highest BCUT2D eigenvalue weighted by Gasteiger charge is 2.34. The summed E-state index contributed by atoms with van der Waals surface area (Å²) in [5.74, 6) is 1.33. The number of fused-ring (bicyclic) bond motifs is 1. The average molecular weight is 362 g/mol. The van der Waals surface area contributed by atoms with Crippen molar-refractivity contribution in [3.05, 3.63) is 35.4 Å². The van der Waals surface area contributed by atoms with Gasteiger partial charge in [-0.1, -0.05) is 12.1 Å². The van der Waals surface area contributed by atoms with Gasteiger partial charge >= 0.3 is 6.09 Å². The fraction of sp³-hybridized carbons (Fsp3) is 0.500. The maximum absolute atomic E-state index is 12.2. The average Bonchev–Trinajstić information content (AvgIpc) is 3.17. The third kappa shape index (κ3) is 3.81. The minimum absolute atomic E-state index is 0.124. The smallest absolute Gasteiger partial charge is 0.407 e. The zero-order valence-corrected chi connectivity index (χ0v) is 14.8. The lowest BCUT2D eigenvalue weighted by atomic mass is 10.1. The molecule has 2 aliphatic heterocycles. The van der Waals surface area contributed by atoms with Gasteiger partial charge in [0.2, 0.25) is 0 Å². The van der Waals surface area contributed by atoms with Crippen molar-refractivity contribution in [3.63, 3.8) is 0 Å². The minimum Gasteiger partial charge on any atom is -0.465 e. The topological polar surface area (TPSA) is 77.9 Å². The Morgan fingerprint density at radius 3 is 2.48 bits per heavy atom. The lowest BCUT2D eigenvalue weighted by molar-refractivity contribution is 0.0652. The van der Waals surface area contributed by atoms with E-state index in [0.29, 0.717) is 24.2 Å². The van der Waals surface area contributed by atoms with Crippen LogP contribution < -0.4 is 0 Å². The number of likely N-dealkylation sites (tertiary alicyclic amines) is 1. The van der Waals surface area contributed by atoms with Crippen molar-refractivity contribution in [1.29, 1.82) is 0 Å². The van der Waals surface area contributed by atoms with Gasteiger partial charge in [-0.2, -0.15) is 11.8 Å². The van der Waals surface area contributed by atoms with Crippen molar-refractivity contribution < 1.29 is 19.5 Å². The molecule has 0 radical (unpaired) electrons. The van der Waals surface area contributed by atoms with E-state index in [4.69, 9.17) is 5.11 Å². The Balaban J connectivity index is 1.36. The van der Waals surface area contributed by atoms with Crippen molar-refractivity contribution in [1.82, 2.24) is 9.80 Å². The zero-order chi connectivity index (χ0) is 17.8. The van der Waals surface area contributed by atoms with Crippen LogP contribution in [0.2, 0.25) is 0 Å². The van der Waals surface area contributed by atoms with E-state index in [9.17, 15) is 14.4 Å². The molecule has 1 atom stereocenters. The van der Waals surface area contributed by atoms with Crippen LogP contribution in [0.5, 0.6) is 0 Å². The van der Waals surface area contributed by atoms with Crippen molar-refractivity contribution in [2.75, 3.05) is 24.6 Å². The Hall–Kier alpha value is -2.02. The molecule has 1 unspecified atom stereocenters. The second-order valence-corrected chi connectivity index (χ2v) is 7.51. The Kier molecular flexibility index (Phi) is 5.63. The fourth-order valence-corrected chi connectivity index (χ4v) is 4.59. The van der Waals surface area contributed by atoms with Gasteiger partial charge in [-0.05, 0) is 43.6 Å². The molecule has 25 heavy (non-hydrogen) atoms. The van der Waals surface area contributed by atoms with Crippen molar-refractivity contribution >= 4 is 29.7 Å². The van der Waals surface area contributed by atoms with Crippen molar-refractivity contribution in [2.45, 2.75) is 31.7 Å². The van der Waals surface area contributed by atoms with Gasteiger partial charge in [-0.15, -0.1) is 0 Å². The van der Waals surface area contributed by atoms with Gasteiger partial charge in [-0.25, -0.2) is 4.79 Å². The molecule has 1 N–H and O–H groups in total. The summed E-state index contributed by atoms with van der Waals surface area (Å²) in [5.41, 5.74) is 0.994. The highest BCUT2D eigenvalue weighted by atomic mass is 32.2. The van der Waals surface area contributed by atoms with Crippen LogP contribution in [0.25, 0.3) is 0 Å². The number of unbranched alkanes of at least 4 members (excludes halogenated alkanes) is 1. The first-order chi connectivity index (χ1) is 12.1. The third-order valence-corrected chi connectivity index (χ3v) is 5.93. The molecule has 0 saturated carbocycles. The predicted octanol–water partition coefficient (Wildman–Crippen LogP) is 2.94. The van der Waals surface area contributed by atoms with Gasteiger partial charge in [0.15, 0.2) is 0 Å². The largest absolute Gasteiger partial charge is 0.465 e. The highest BCUT2D eigenvalue weighted by Crippen LogP contribution is 2.24. The number of hydrogen-bond donors (Lipinski definition) is 1. The van der Waals surface area contributed by atoms with Gasteiger partial charge < -0.3 is 10.0 Å². The summed E-state index contributed by atoms with van der Waals surface area (Å²) in [6.45, 7) is 1.08. The molecule has 1 fully saturated rings. The quantitative estimate of drug-likeness (QED) is 0.596. The SMILES string of the molecule is O=C1c2ccccc2C(=O)N1CCCCSCC1CCCN1C(=O)O. The van der Waals surface area contributed by atoms with Crippen LogP contribution in [-0.2, 0) is 0 Å². The molecular weight excluding hydrogens is 340 g/mol. The van der Waals surface area contributed by atoms with Gasteiger partial charge in [0.05, 0.1) is 11.1 Å². The lowest BCUT2D eigenvalue weighted by Gasteiger charge is -2.21. The number of carbonyl (C=O) groups excluding carboxylic acids is 2. The Labute approximate surface area is 151 Å². The first-order valence-corrected chi connectivity index (χ1v) is 9.77. The van der Waals surface area contributed by atoms with E-state index in [2.05, 4.69) is 0 Å². The van der Waals surface area contributed by atoms with E-state index < -0.39 is 6.09 Å².